The van der Waals surface area contributed by atoms with Crippen molar-refractivity contribution in [1.29, 1.82) is 0 Å². The quantitative estimate of drug-likeness (QED) is 0.199. The Bertz CT molecular complexity index is 286. The molecule has 0 aromatic carbocycles. The molecule has 1 aliphatic rings. The molecule has 0 saturated carbocycles. The summed E-state index contributed by atoms with van der Waals surface area (Å²) in [6, 6.07) is 0. The summed E-state index contributed by atoms with van der Waals surface area (Å²) in [5, 5.41) is 47.8. The van der Waals surface area contributed by atoms with E-state index in [1.54, 1.807) is 0 Å². The molecule has 1 aliphatic heterocycles. The van der Waals surface area contributed by atoms with Gasteiger partial charge in [-0.05, 0) is 6.42 Å². The molecule has 1 rings (SSSR count). The van der Waals surface area contributed by atoms with Crippen molar-refractivity contribution in [3.63, 3.8) is 0 Å². The third kappa shape index (κ3) is 6.49. The molecule has 134 valence electrons. The van der Waals surface area contributed by atoms with Crippen LogP contribution in [0.3, 0.4) is 0 Å². The Morgan fingerprint density at radius 1 is 1.23 bits per heavy atom. The Labute approximate surface area is 141 Å². The van der Waals surface area contributed by atoms with Crippen molar-refractivity contribution >= 4 is 10.9 Å². The van der Waals surface area contributed by atoms with Crippen LogP contribution in [0.15, 0.2) is 0 Å². The van der Waals surface area contributed by atoms with Gasteiger partial charge in [0.25, 0.3) is 0 Å². The topological polar surface area (TPSA) is 110 Å². The highest BCUT2D eigenvalue weighted by atomic mass is 35.5. The van der Waals surface area contributed by atoms with E-state index in [0.717, 1.165) is 19.3 Å². The molecule has 1 heterocycles. The number of ether oxygens (including phenoxy) is 1. The average molecular weight is 361 g/mol. The number of aliphatic hydroxyl groups is 5. The van der Waals surface area contributed by atoms with Crippen LogP contribution in [0, 0.1) is 0 Å². The van der Waals surface area contributed by atoms with Crippen molar-refractivity contribution in [3.05, 3.63) is 0 Å². The lowest BCUT2D eigenvalue weighted by atomic mass is 10.2. The number of halogens is 1. The summed E-state index contributed by atoms with van der Waals surface area (Å²) >= 11 is 0. The summed E-state index contributed by atoms with van der Waals surface area (Å²) in [7, 11) is -0.478. The number of hydrogen-bond acceptors (Lipinski definition) is 6. The first kappa shape index (κ1) is 22.4. The Hall–Kier alpha value is 0.400. The second-order valence-corrected chi connectivity index (χ2v) is 7.86. The second kappa shape index (κ2) is 11.9. The molecule has 5 N–H and O–H groups in total. The Balaban J connectivity index is 0.00000441. The monoisotopic (exact) mass is 360 g/mol. The maximum atomic E-state index is 10.2. The first-order valence-electron chi connectivity index (χ1n) is 7.58. The van der Waals surface area contributed by atoms with Crippen LogP contribution in [0.25, 0.3) is 0 Å². The highest BCUT2D eigenvalue weighted by Crippen LogP contribution is 2.25. The van der Waals surface area contributed by atoms with Crippen LogP contribution in [-0.4, -0.2) is 86.5 Å². The number of rotatable bonds is 10. The van der Waals surface area contributed by atoms with Gasteiger partial charge in [-0.25, -0.2) is 0 Å². The molecule has 8 heteroatoms. The molecular weight excluding hydrogens is 332 g/mol. The van der Waals surface area contributed by atoms with E-state index in [-0.39, 0.29) is 25.6 Å². The van der Waals surface area contributed by atoms with Crippen molar-refractivity contribution in [2.24, 2.45) is 0 Å². The minimum atomic E-state index is -0.941. The largest absolute Gasteiger partial charge is 1.00 e. The molecular formula is C14H29ClO6S. The molecule has 0 aromatic heterocycles. The summed E-state index contributed by atoms with van der Waals surface area (Å²) < 4.78 is 5.50. The maximum Gasteiger partial charge on any atom is 0.169 e. The lowest BCUT2D eigenvalue weighted by Crippen LogP contribution is -3.00. The SMILES string of the molecule is CCCCCO[C@@H](CO)C(O)C[S+]1C[C@@H](O)[C@H](O)[C@H]1CO.[Cl-]. The van der Waals surface area contributed by atoms with Gasteiger partial charge in [0.15, 0.2) is 5.25 Å². The Morgan fingerprint density at radius 2 is 1.91 bits per heavy atom. The van der Waals surface area contributed by atoms with Gasteiger partial charge in [0.1, 0.15) is 35.9 Å². The molecule has 6 nitrogen and oxygen atoms in total. The van der Waals surface area contributed by atoms with Crippen LogP contribution < -0.4 is 12.4 Å². The van der Waals surface area contributed by atoms with E-state index < -0.39 is 40.6 Å². The van der Waals surface area contributed by atoms with Crippen LogP contribution in [0.1, 0.15) is 26.2 Å². The van der Waals surface area contributed by atoms with E-state index in [9.17, 15) is 25.5 Å². The van der Waals surface area contributed by atoms with Crippen LogP contribution in [0.2, 0.25) is 0 Å². The van der Waals surface area contributed by atoms with Crippen molar-refractivity contribution < 1.29 is 42.7 Å². The summed E-state index contributed by atoms with van der Waals surface area (Å²) in [6.07, 6.45) is -0.284. The van der Waals surface area contributed by atoms with E-state index in [1.165, 1.54) is 0 Å². The lowest BCUT2D eigenvalue weighted by Gasteiger charge is -2.22. The molecule has 0 amide bonds. The van der Waals surface area contributed by atoms with Gasteiger partial charge in [0.2, 0.25) is 0 Å². The third-order valence-electron chi connectivity index (χ3n) is 3.84. The van der Waals surface area contributed by atoms with E-state index in [2.05, 4.69) is 6.92 Å². The van der Waals surface area contributed by atoms with Crippen molar-refractivity contribution in [2.45, 2.75) is 55.9 Å². The van der Waals surface area contributed by atoms with Gasteiger partial charge in [0.05, 0.1) is 13.2 Å². The summed E-state index contributed by atoms with van der Waals surface area (Å²) in [5.74, 6) is 0.690. The maximum absolute atomic E-state index is 10.2. The zero-order valence-corrected chi connectivity index (χ0v) is 14.5. The second-order valence-electron chi connectivity index (χ2n) is 5.52. The number of aliphatic hydroxyl groups excluding tert-OH is 5. The third-order valence-corrected chi connectivity index (χ3v) is 6.67. The first-order valence-corrected chi connectivity index (χ1v) is 9.21. The molecule has 1 saturated heterocycles. The highest BCUT2D eigenvalue weighted by molar-refractivity contribution is 7.97. The fourth-order valence-electron chi connectivity index (χ4n) is 2.49. The predicted molar refractivity (Wildman–Crippen MR) is 82.3 cm³/mol. The van der Waals surface area contributed by atoms with Crippen LogP contribution in [0.4, 0.5) is 0 Å². The molecule has 6 atom stereocenters. The van der Waals surface area contributed by atoms with Gasteiger partial charge < -0.3 is 42.7 Å². The zero-order valence-electron chi connectivity index (χ0n) is 13.0. The minimum Gasteiger partial charge on any atom is -1.00 e. The number of hydrogen-bond donors (Lipinski definition) is 5. The Morgan fingerprint density at radius 3 is 2.45 bits per heavy atom. The predicted octanol–water partition coefficient (Wildman–Crippen LogP) is -4.37. The van der Waals surface area contributed by atoms with E-state index in [4.69, 9.17) is 4.74 Å². The van der Waals surface area contributed by atoms with Crippen LogP contribution in [0.5, 0.6) is 0 Å². The minimum absolute atomic E-state index is 0. The van der Waals surface area contributed by atoms with Gasteiger partial charge in [-0.1, -0.05) is 19.8 Å². The molecule has 0 spiro atoms. The fourth-order valence-corrected chi connectivity index (χ4v) is 5.20. The normalized spacial score (nSPS) is 30.8. The van der Waals surface area contributed by atoms with Gasteiger partial charge in [-0.2, -0.15) is 0 Å². The van der Waals surface area contributed by atoms with E-state index in [0.29, 0.717) is 18.1 Å². The molecule has 1 fully saturated rings. The average Bonchev–Trinajstić information content (AvgIpc) is 2.73. The van der Waals surface area contributed by atoms with E-state index in [1.807, 2.05) is 0 Å². The summed E-state index contributed by atoms with van der Waals surface area (Å²) in [6.45, 7) is 2.11. The zero-order chi connectivity index (χ0) is 15.8. The highest BCUT2D eigenvalue weighted by Gasteiger charge is 2.50. The van der Waals surface area contributed by atoms with Gasteiger partial charge in [-0.3, -0.25) is 0 Å². The van der Waals surface area contributed by atoms with Gasteiger partial charge >= 0.3 is 0 Å². The molecule has 2 unspecified atom stereocenters. The summed E-state index contributed by atoms with van der Waals surface area (Å²) in [5.41, 5.74) is 0. The molecule has 0 radical (unpaired) electrons. The van der Waals surface area contributed by atoms with Crippen molar-refractivity contribution in [2.75, 3.05) is 31.3 Å². The molecule has 0 aliphatic carbocycles. The first-order chi connectivity index (χ1) is 10.0. The van der Waals surface area contributed by atoms with Crippen LogP contribution >= 0.6 is 0 Å². The van der Waals surface area contributed by atoms with Gasteiger partial charge in [-0.15, -0.1) is 0 Å². The fraction of sp³-hybridized carbons (Fsp3) is 1.00. The lowest BCUT2D eigenvalue weighted by molar-refractivity contribution is -0.0554. The molecule has 22 heavy (non-hydrogen) atoms. The summed E-state index contributed by atoms with van der Waals surface area (Å²) in [4.78, 5) is 0. The van der Waals surface area contributed by atoms with Crippen molar-refractivity contribution in [3.8, 4) is 0 Å². The molecule has 0 aromatic rings. The van der Waals surface area contributed by atoms with Gasteiger partial charge in [0, 0.05) is 17.5 Å². The van der Waals surface area contributed by atoms with Crippen LogP contribution in [-0.2, 0) is 15.6 Å². The van der Waals surface area contributed by atoms with E-state index >= 15 is 0 Å². The smallest absolute Gasteiger partial charge is 0.169 e. The van der Waals surface area contributed by atoms with Crippen molar-refractivity contribution in [1.82, 2.24) is 0 Å². The molecule has 0 bridgehead atoms. The Kier molecular flexibility index (Phi) is 12.1. The standard InChI is InChI=1S/C14H29O6S.ClH/c1-2-3-4-5-20-12(6-15)10(17)8-21-9-11(18)14(19)13(21)7-16;/h10-19H,2-9H2,1H3;1H/q+1;/p-1/t10?,11-,12+,13-,14+,21?;/m1./s1. The number of unbranched alkanes of at least 4 members (excludes halogenated alkanes) is 2.